The molecule has 1 unspecified atom stereocenters. The van der Waals surface area contributed by atoms with Gasteiger partial charge in [-0.2, -0.15) is 13.2 Å². The number of hydrogen-bond acceptors (Lipinski definition) is 4. The van der Waals surface area contributed by atoms with Crippen molar-refractivity contribution in [2.24, 2.45) is 7.05 Å². The van der Waals surface area contributed by atoms with Gasteiger partial charge >= 0.3 is 6.18 Å². The number of hydrogen-bond donors (Lipinski definition) is 3. The first-order chi connectivity index (χ1) is 13.6. The third-order valence-electron chi connectivity index (χ3n) is 4.46. The van der Waals surface area contributed by atoms with Crippen LogP contribution < -0.4 is 5.32 Å². The van der Waals surface area contributed by atoms with E-state index >= 15 is 0 Å². The number of aliphatic hydroxyl groups is 1. The molecule has 154 valence electrons. The van der Waals surface area contributed by atoms with Gasteiger partial charge in [-0.1, -0.05) is 18.2 Å². The number of aromatic nitrogens is 4. The van der Waals surface area contributed by atoms with E-state index in [1.165, 1.54) is 24.0 Å². The summed E-state index contributed by atoms with van der Waals surface area (Å²) in [6.07, 6.45) is -1.93. The predicted molar refractivity (Wildman–Crippen MR) is 101 cm³/mol. The molecule has 7 nitrogen and oxygen atoms in total. The Bertz CT molecular complexity index is 1060. The van der Waals surface area contributed by atoms with Crippen molar-refractivity contribution in [1.82, 2.24) is 24.4 Å². The third kappa shape index (κ3) is 3.96. The highest BCUT2D eigenvalue weighted by atomic mass is 32.1. The maximum absolute atomic E-state index is 13.5. The molecule has 0 fully saturated rings. The number of rotatable bonds is 6. The van der Waals surface area contributed by atoms with Crippen molar-refractivity contribution in [2.45, 2.75) is 18.2 Å². The zero-order valence-corrected chi connectivity index (χ0v) is 16.1. The number of carbonyl (C=O) groups is 1. The number of alkyl halides is 3. The summed E-state index contributed by atoms with van der Waals surface area (Å²) >= 11 is 5.19. The van der Waals surface area contributed by atoms with Gasteiger partial charge in [0.05, 0.1) is 0 Å². The highest BCUT2D eigenvalue weighted by Crippen LogP contribution is 2.40. The molecule has 0 saturated heterocycles. The van der Waals surface area contributed by atoms with Crippen LogP contribution in [0.1, 0.15) is 22.7 Å². The Balaban J connectivity index is 1.78. The van der Waals surface area contributed by atoms with Gasteiger partial charge in [-0.15, -0.1) is 0 Å². The standard InChI is InChI=1S/C18H18F3N5O2S/c1-25-10-9-23-15(25)17(28,18(19,20)21)7-8-22-14(27)13-11-24-16(29)26(13)12-5-3-2-4-6-12/h2-6,9-11,28H,7-8H2,1H3,(H,22,27)(H,24,29). The Morgan fingerprint density at radius 2 is 2.00 bits per heavy atom. The molecular weight excluding hydrogens is 407 g/mol. The number of carbonyl (C=O) groups excluding carboxylic acids is 1. The molecular formula is C18H18F3N5O2S. The number of nitrogens with one attached hydrogen (secondary N) is 2. The van der Waals surface area contributed by atoms with Gasteiger partial charge in [0.1, 0.15) is 11.5 Å². The lowest BCUT2D eigenvalue weighted by atomic mass is 9.97. The second-order valence-electron chi connectivity index (χ2n) is 6.38. The normalized spacial score (nSPS) is 13.8. The monoisotopic (exact) mass is 425 g/mol. The maximum Gasteiger partial charge on any atom is 0.424 e. The van der Waals surface area contributed by atoms with Crippen LogP contribution in [0.25, 0.3) is 5.69 Å². The van der Waals surface area contributed by atoms with Crippen LogP contribution in [-0.2, 0) is 12.6 Å². The molecule has 0 bridgehead atoms. The average molecular weight is 425 g/mol. The molecule has 3 N–H and O–H groups in total. The molecule has 0 aliphatic rings. The van der Waals surface area contributed by atoms with Crippen LogP contribution in [0.5, 0.6) is 0 Å². The van der Waals surface area contributed by atoms with E-state index < -0.39 is 36.5 Å². The van der Waals surface area contributed by atoms with Gasteiger partial charge in [-0.3, -0.25) is 9.36 Å². The second-order valence-corrected chi connectivity index (χ2v) is 6.76. The van der Waals surface area contributed by atoms with Crippen molar-refractivity contribution in [2.75, 3.05) is 6.54 Å². The number of imidazole rings is 2. The van der Waals surface area contributed by atoms with Crippen LogP contribution >= 0.6 is 12.2 Å². The second kappa shape index (κ2) is 7.84. The minimum absolute atomic E-state index is 0.133. The molecule has 0 aliphatic heterocycles. The fraction of sp³-hybridized carbons (Fsp3) is 0.278. The van der Waals surface area contributed by atoms with E-state index in [-0.39, 0.29) is 10.5 Å². The quantitative estimate of drug-likeness (QED) is 0.530. The number of amides is 1. The van der Waals surface area contributed by atoms with Crippen LogP contribution in [0.4, 0.5) is 13.2 Å². The Morgan fingerprint density at radius 3 is 2.59 bits per heavy atom. The first-order valence-electron chi connectivity index (χ1n) is 8.56. The van der Waals surface area contributed by atoms with Crippen molar-refractivity contribution in [3.05, 3.63) is 65.2 Å². The lowest BCUT2D eigenvalue weighted by molar-refractivity contribution is -0.272. The Hall–Kier alpha value is -2.92. The molecule has 1 aromatic carbocycles. The number of para-hydroxylation sites is 1. The van der Waals surface area contributed by atoms with E-state index in [1.54, 1.807) is 30.3 Å². The zero-order chi connectivity index (χ0) is 21.2. The molecule has 1 amide bonds. The van der Waals surface area contributed by atoms with Gasteiger partial charge in [-0.25, -0.2) is 4.98 Å². The van der Waals surface area contributed by atoms with E-state index in [4.69, 9.17) is 12.2 Å². The minimum Gasteiger partial charge on any atom is -0.374 e. The van der Waals surface area contributed by atoms with Gasteiger partial charge < -0.3 is 20.0 Å². The molecule has 0 aliphatic carbocycles. The van der Waals surface area contributed by atoms with Crippen LogP contribution in [-0.4, -0.2) is 42.8 Å². The van der Waals surface area contributed by atoms with E-state index in [0.29, 0.717) is 5.69 Å². The molecule has 11 heteroatoms. The number of benzene rings is 1. The van der Waals surface area contributed by atoms with Crippen molar-refractivity contribution < 1.29 is 23.1 Å². The summed E-state index contributed by atoms with van der Waals surface area (Å²) < 4.78 is 43.5. The Labute approximate surface area is 168 Å². The zero-order valence-electron chi connectivity index (χ0n) is 15.3. The summed E-state index contributed by atoms with van der Waals surface area (Å²) in [6, 6.07) is 8.81. The summed E-state index contributed by atoms with van der Waals surface area (Å²) in [5.74, 6) is -1.18. The van der Waals surface area contributed by atoms with Crippen molar-refractivity contribution >= 4 is 18.1 Å². The van der Waals surface area contributed by atoms with Crippen LogP contribution in [0.2, 0.25) is 0 Å². The third-order valence-corrected chi connectivity index (χ3v) is 4.76. The van der Waals surface area contributed by atoms with Crippen molar-refractivity contribution in [1.29, 1.82) is 0 Å². The topological polar surface area (TPSA) is 87.9 Å². The smallest absolute Gasteiger partial charge is 0.374 e. The summed E-state index contributed by atoms with van der Waals surface area (Å²) in [4.78, 5) is 18.9. The SMILES string of the molecule is Cn1ccnc1C(O)(CCNC(=O)c1c[nH]c(=S)n1-c1ccccc1)C(F)(F)F. The lowest BCUT2D eigenvalue weighted by Gasteiger charge is -2.30. The summed E-state index contributed by atoms with van der Waals surface area (Å²) in [7, 11) is 1.35. The lowest BCUT2D eigenvalue weighted by Crippen LogP contribution is -2.46. The Kier molecular flexibility index (Phi) is 5.62. The number of aromatic amines is 1. The number of aryl methyl sites for hydroxylation is 1. The largest absolute Gasteiger partial charge is 0.424 e. The van der Waals surface area contributed by atoms with E-state index in [2.05, 4.69) is 15.3 Å². The van der Waals surface area contributed by atoms with Crippen LogP contribution in [0, 0.1) is 4.77 Å². The maximum atomic E-state index is 13.5. The van der Waals surface area contributed by atoms with E-state index in [1.807, 2.05) is 0 Å². The molecule has 29 heavy (non-hydrogen) atoms. The highest BCUT2D eigenvalue weighted by Gasteiger charge is 2.57. The van der Waals surface area contributed by atoms with Gasteiger partial charge in [0.15, 0.2) is 4.77 Å². The average Bonchev–Trinajstić information content (AvgIpc) is 3.27. The van der Waals surface area contributed by atoms with Gasteiger partial charge in [-0.05, 0) is 24.4 Å². The number of nitrogens with zero attached hydrogens (tertiary/aromatic N) is 3. The summed E-state index contributed by atoms with van der Waals surface area (Å²) in [5, 5.41) is 12.7. The summed E-state index contributed by atoms with van der Waals surface area (Å²) in [5.41, 5.74) is -2.44. The molecule has 2 aromatic heterocycles. The van der Waals surface area contributed by atoms with Gasteiger partial charge in [0, 0.05) is 44.3 Å². The minimum atomic E-state index is -4.97. The molecule has 3 aromatic rings. The molecule has 0 saturated carbocycles. The molecule has 1 atom stereocenters. The van der Waals surface area contributed by atoms with E-state index in [0.717, 1.165) is 10.8 Å². The predicted octanol–water partition coefficient (Wildman–Crippen LogP) is 2.84. The van der Waals surface area contributed by atoms with Crippen LogP contribution in [0.3, 0.4) is 0 Å². The van der Waals surface area contributed by atoms with Crippen molar-refractivity contribution in [3.8, 4) is 5.69 Å². The van der Waals surface area contributed by atoms with Crippen molar-refractivity contribution in [3.63, 3.8) is 0 Å². The fourth-order valence-electron chi connectivity index (χ4n) is 2.96. The number of H-pyrrole nitrogens is 1. The van der Waals surface area contributed by atoms with E-state index in [9.17, 15) is 23.1 Å². The molecule has 0 radical (unpaired) electrons. The fourth-order valence-corrected chi connectivity index (χ4v) is 3.22. The molecule has 2 heterocycles. The number of halogens is 3. The van der Waals surface area contributed by atoms with Crippen LogP contribution in [0.15, 0.2) is 48.9 Å². The highest BCUT2D eigenvalue weighted by molar-refractivity contribution is 7.71. The summed E-state index contributed by atoms with van der Waals surface area (Å²) in [6.45, 7) is -0.436. The first kappa shape index (κ1) is 20.8. The Morgan fingerprint density at radius 1 is 1.31 bits per heavy atom. The van der Waals surface area contributed by atoms with Gasteiger partial charge in [0.2, 0.25) is 5.60 Å². The van der Waals surface area contributed by atoms with Gasteiger partial charge in [0.25, 0.3) is 5.91 Å². The first-order valence-corrected chi connectivity index (χ1v) is 8.97. The molecule has 0 spiro atoms. The molecule has 3 rings (SSSR count).